The van der Waals surface area contributed by atoms with Crippen molar-refractivity contribution >= 4 is 48.9 Å². The van der Waals surface area contributed by atoms with Gasteiger partial charge in [0.2, 0.25) is 0 Å². The number of halogens is 4. The lowest BCUT2D eigenvalue weighted by molar-refractivity contribution is -0.207. The van der Waals surface area contributed by atoms with Crippen molar-refractivity contribution in [2.24, 2.45) is 0 Å². The first kappa shape index (κ1) is 49.7. The standard InChI is InChI=1S/4C9H11FN2O5S/c4*10-9(3-13)6(16)5(15)7(17-9)12-2-1-4(14)11-8(12)18/h4*1-2,5-7,13,15-16H,3H2,(H,11,14,18)/t4*5-,6+,7-,9-/m1111/s1/i3D2,7D;7D;3D2;. The van der Waals surface area contributed by atoms with Crippen molar-refractivity contribution in [1.82, 2.24) is 38.2 Å². The number of H-pyrrole nitrogens is 4. The van der Waals surface area contributed by atoms with Crippen molar-refractivity contribution in [3.05, 3.63) is 110 Å². The number of aliphatic hydroxyl groups excluding tert-OH is 10. The molecule has 4 aromatic heterocycles. The quantitative estimate of drug-likeness (QED) is 0.0582. The summed E-state index contributed by atoms with van der Waals surface area (Å²) >= 11 is 19.1. The van der Waals surface area contributed by atoms with Gasteiger partial charge in [0.1, 0.15) is 75.2 Å². The average Bonchev–Trinajstić information content (AvgIpc) is 3.87. The molecule has 28 nitrogen and oxygen atoms in total. The first-order chi connectivity index (χ1) is 35.6. The number of ether oxygens (including phenoxy) is 4. The third-order valence-corrected chi connectivity index (χ3v) is 11.4. The highest BCUT2D eigenvalue weighted by molar-refractivity contribution is 7.71. The van der Waals surface area contributed by atoms with Gasteiger partial charge in [-0.25, -0.2) is 17.6 Å². The summed E-state index contributed by atoms with van der Waals surface area (Å²) in [6.07, 6.45) is -20.8. The molecule has 8 rings (SSSR count). The van der Waals surface area contributed by atoms with Crippen molar-refractivity contribution in [2.75, 3.05) is 26.3 Å². The summed E-state index contributed by atoms with van der Waals surface area (Å²) in [5, 5.41) is 113. The van der Waals surface area contributed by atoms with Gasteiger partial charge in [-0.3, -0.25) is 57.4 Å². The molecule has 0 aromatic carbocycles. The van der Waals surface area contributed by atoms with Crippen LogP contribution in [0.1, 0.15) is 33.1 Å². The molecular weight excluding hydrogens is 1070 g/mol. The Labute approximate surface area is 425 Å². The van der Waals surface area contributed by atoms with E-state index in [9.17, 15) is 77.6 Å². The largest absolute Gasteiger partial charge is 0.390 e. The number of hydrogen-bond donors (Lipinski definition) is 16. The predicted octanol–water partition coefficient (Wildman–Crippen LogP) is -4.74. The summed E-state index contributed by atoms with van der Waals surface area (Å²) in [4.78, 5) is 52.8. The predicted molar refractivity (Wildman–Crippen MR) is 236 cm³/mol. The molecule has 36 heteroatoms. The van der Waals surface area contributed by atoms with Gasteiger partial charge < -0.3 is 80.2 Å². The molecule has 4 aliphatic rings. The smallest absolute Gasteiger partial charge is 0.263 e. The van der Waals surface area contributed by atoms with E-state index < -0.39 is 150 Å². The van der Waals surface area contributed by atoms with Crippen LogP contribution in [0.5, 0.6) is 0 Å². The number of aromatic amines is 4. The van der Waals surface area contributed by atoms with Crippen LogP contribution < -0.4 is 22.2 Å². The molecule has 0 radical (unpaired) electrons. The second-order valence-corrected chi connectivity index (χ2v) is 16.5. The maximum Gasteiger partial charge on any atom is 0.263 e. The number of hydrogen-bond acceptors (Lipinski definition) is 24. The molecule has 4 aromatic rings. The monoisotopic (exact) mass is 1120 g/mol. The van der Waals surface area contributed by atoms with E-state index in [-0.39, 0.29) is 14.3 Å². The first-order valence-electron chi connectivity index (χ1n) is 22.5. The summed E-state index contributed by atoms with van der Waals surface area (Å²) in [6.45, 7) is -9.60. The molecular formula is C36H44F4N8O20S4. The van der Waals surface area contributed by atoms with Gasteiger partial charge in [0, 0.05) is 49.1 Å². The van der Waals surface area contributed by atoms with Crippen molar-refractivity contribution in [3.8, 4) is 0 Å². The summed E-state index contributed by atoms with van der Waals surface area (Å²) < 4.78 is 121. The Kier molecular flexibility index (Phi) is 15.8. The molecule has 0 amide bonds. The Balaban J connectivity index is 0.000000192. The molecule has 4 fully saturated rings. The molecule has 4 aliphatic heterocycles. The minimum Gasteiger partial charge on any atom is -0.390 e. The topological polar surface area (TPSA) is 431 Å². The van der Waals surface area contributed by atoms with Crippen LogP contribution in [-0.2, 0) is 18.9 Å². The number of aromatic nitrogens is 8. The highest BCUT2D eigenvalue weighted by atomic mass is 32.1. The van der Waals surface area contributed by atoms with E-state index in [0.717, 1.165) is 56.6 Å². The van der Waals surface area contributed by atoms with Crippen molar-refractivity contribution in [2.45, 2.75) is 97.1 Å². The lowest BCUT2D eigenvalue weighted by Crippen LogP contribution is -2.42. The zero-order chi connectivity index (χ0) is 59.4. The van der Waals surface area contributed by atoms with Crippen LogP contribution in [-0.4, -0.2) is 198 Å². The van der Waals surface area contributed by atoms with Crippen LogP contribution in [0, 0.1) is 19.1 Å². The average molecular weight is 1120 g/mol. The van der Waals surface area contributed by atoms with Gasteiger partial charge in [0.05, 0.1) is 8.22 Å². The Morgan fingerprint density at radius 2 is 0.722 bits per heavy atom. The van der Waals surface area contributed by atoms with Crippen LogP contribution in [0.4, 0.5) is 17.6 Å². The van der Waals surface area contributed by atoms with E-state index in [2.05, 4.69) is 34.1 Å². The molecule has 0 spiro atoms. The highest BCUT2D eigenvalue weighted by Gasteiger charge is 2.58. The van der Waals surface area contributed by atoms with E-state index in [1.165, 1.54) is 6.20 Å². The second-order valence-electron chi connectivity index (χ2n) is 14.9. The van der Waals surface area contributed by atoms with E-state index in [1.54, 1.807) is 0 Å². The van der Waals surface area contributed by atoms with Gasteiger partial charge in [-0.15, -0.1) is 0 Å². The lowest BCUT2D eigenvalue weighted by Gasteiger charge is -2.20. The van der Waals surface area contributed by atoms with Gasteiger partial charge in [-0.1, -0.05) is 0 Å². The Bertz CT molecular complexity index is 3340. The molecule has 72 heavy (non-hydrogen) atoms. The Morgan fingerprint density at radius 3 is 0.986 bits per heavy atom. The fourth-order valence-corrected chi connectivity index (χ4v) is 7.45. The number of aliphatic hydroxyl groups is 12. The molecule has 400 valence electrons. The number of nitrogens with one attached hydrogen (secondary N) is 4. The number of alkyl halides is 4. The maximum absolute atomic E-state index is 14.4. The molecule has 0 saturated carbocycles. The number of nitrogens with zero attached hydrogens (tertiary/aromatic N) is 4. The molecule has 0 bridgehead atoms. The molecule has 0 unspecified atom stereocenters. The maximum atomic E-state index is 14.4. The Hall–Kier alpha value is -4.52. The third-order valence-electron chi connectivity index (χ3n) is 10.2. The molecule has 8 heterocycles. The molecule has 4 saturated heterocycles. The van der Waals surface area contributed by atoms with Crippen LogP contribution >= 0.6 is 48.9 Å². The summed E-state index contributed by atoms with van der Waals surface area (Å²) in [5.74, 6) is -13.1. The fourth-order valence-electron chi connectivity index (χ4n) is 6.42. The van der Waals surface area contributed by atoms with Crippen LogP contribution in [0.3, 0.4) is 0 Å². The van der Waals surface area contributed by atoms with E-state index in [1.807, 2.05) is 0 Å². The first-order valence-corrected chi connectivity index (χ1v) is 21.2. The van der Waals surface area contributed by atoms with Crippen molar-refractivity contribution in [3.63, 3.8) is 0 Å². The van der Waals surface area contributed by atoms with E-state index in [4.69, 9.17) is 82.3 Å². The minimum absolute atomic E-state index is 0.0964. The van der Waals surface area contributed by atoms with Gasteiger partial charge in [-0.2, -0.15) is 0 Å². The molecule has 16 N–H and O–H groups in total. The third kappa shape index (κ3) is 11.9. The van der Waals surface area contributed by atoms with Crippen LogP contribution in [0.2, 0.25) is 0 Å². The fraction of sp³-hybridized carbons (Fsp3) is 0.556. The van der Waals surface area contributed by atoms with Gasteiger partial charge in [0.25, 0.3) is 45.7 Å². The second kappa shape index (κ2) is 22.9. The van der Waals surface area contributed by atoms with Crippen LogP contribution in [0.15, 0.2) is 68.2 Å². The summed E-state index contributed by atoms with van der Waals surface area (Å²) in [5.41, 5.74) is -2.18. The minimum atomic E-state index is -3.76. The Morgan fingerprint density at radius 1 is 0.472 bits per heavy atom. The summed E-state index contributed by atoms with van der Waals surface area (Å²) in [6, 6.07) is 4.02. The molecule has 16 atom stereocenters. The van der Waals surface area contributed by atoms with Gasteiger partial charge >= 0.3 is 0 Å². The lowest BCUT2D eigenvalue weighted by atomic mass is 10.1. The molecule has 0 aliphatic carbocycles. The van der Waals surface area contributed by atoms with E-state index >= 15 is 0 Å². The van der Waals surface area contributed by atoms with Gasteiger partial charge in [-0.05, 0) is 48.9 Å². The summed E-state index contributed by atoms with van der Waals surface area (Å²) in [7, 11) is 0. The number of rotatable bonds is 8. The van der Waals surface area contributed by atoms with Crippen LogP contribution in [0.25, 0.3) is 0 Å². The SMILES string of the molecule is O=c1ccn([C@@H]2O[C@](F)(CO)[C@@H](O)[C@H]2O)c(=S)[nH]1.[2H]C([2H])(O)[C@@]1(F)O[C@@H](n2ccc(=O)[nH]c2=S)[C@H](O)[C@@H]1O.[2H]C([2H])(O)[C@@]1(F)O[C@@]([2H])(n2ccc(=O)[nH]c2=S)[C@H](O)[C@@H]1O.[2H][C@@]1(n2ccc(=O)[nH]c2=S)O[C@](F)(CO)[C@@H](O)[C@H]1O. The zero-order valence-corrected chi connectivity index (χ0v) is 38.6. The van der Waals surface area contributed by atoms with Crippen molar-refractivity contribution in [1.29, 1.82) is 0 Å². The van der Waals surface area contributed by atoms with Gasteiger partial charge in [0.15, 0.2) is 43.9 Å². The normalized spacial score (nSPS) is 39.6. The van der Waals surface area contributed by atoms with E-state index in [0.29, 0.717) is 4.57 Å². The zero-order valence-electron chi connectivity index (χ0n) is 41.4. The highest BCUT2D eigenvalue weighted by Crippen LogP contribution is 2.41. The van der Waals surface area contributed by atoms with Crippen molar-refractivity contribution < 1.29 is 106 Å².